The van der Waals surface area contributed by atoms with Crippen LogP contribution in [-0.2, 0) is 16.6 Å². The van der Waals surface area contributed by atoms with Gasteiger partial charge in [-0.15, -0.1) is 0 Å². The van der Waals surface area contributed by atoms with Crippen molar-refractivity contribution in [1.29, 1.82) is 0 Å². The molecule has 2 aromatic carbocycles. The molecule has 0 aliphatic heterocycles. The maximum Gasteiger partial charge on any atom is 0.268 e. The van der Waals surface area contributed by atoms with Crippen LogP contribution < -0.4 is 9.04 Å². The smallest absolute Gasteiger partial charge is 0.268 e. The second-order valence-corrected chi connectivity index (χ2v) is 7.83. The normalized spacial score (nSPS) is 11.2. The zero-order valence-electron chi connectivity index (χ0n) is 15.0. The number of halogens is 1. The minimum absolute atomic E-state index is 0.0539. The number of sulfonamides is 1. The van der Waals surface area contributed by atoms with Gasteiger partial charge in [-0.05, 0) is 60.5 Å². The van der Waals surface area contributed by atoms with Gasteiger partial charge in [0.1, 0.15) is 16.5 Å². The fourth-order valence-electron chi connectivity index (χ4n) is 2.68. The van der Waals surface area contributed by atoms with Crippen molar-refractivity contribution < 1.29 is 17.5 Å². The first-order chi connectivity index (χ1) is 12.9. The number of aromatic nitrogens is 1. The Labute approximate surface area is 158 Å². The van der Waals surface area contributed by atoms with Crippen LogP contribution in [-0.4, -0.2) is 20.5 Å². The van der Waals surface area contributed by atoms with Crippen molar-refractivity contribution in [2.24, 2.45) is 0 Å². The van der Waals surface area contributed by atoms with Crippen LogP contribution in [0.1, 0.15) is 11.1 Å². The van der Waals surface area contributed by atoms with E-state index in [2.05, 4.69) is 4.98 Å². The molecule has 3 rings (SSSR count). The highest BCUT2D eigenvalue weighted by Crippen LogP contribution is 2.32. The summed E-state index contributed by atoms with van der Waals surface area (Å²) < 4.78 is 46.8. The van der Waals surface area contributed by atoms with Gasteiger partial charge >= 0.3 is 0 Å². The Bertz CT molecular complexity index is 1020. The van der Waals surface area contributed by atoms with Crippen LogP contribution in [0.25, 0.3) is 0 Å². The summed E-state index contributed by atoms with van der Waals surface area (Å²) in [6, 6.07) is 13.8. The topological polar surface area (TPSA) is 59.5 Å². The zero-order chi connectivity index (χ0) is 19.4. The van der Waals surface area contributed by atoms with Crippen LogP contribution in [0.4, 0.5) is 10.1 Å². The molecule has 0 atom stereocenters. The van der Waals surface area contributed by atoms with Crippen molar-refractivity contribution >= 4 is 15.7 Å². The van der Waals surface area contributed by atoms with Crippen molar-refractivity contribution in [3.8, 4) is 5.75 Å². The molecule has 0 fully saturated rings. The van der Waals surface area contributed by atoms with E-state index in [4.69, 9.17) is 4.74 Å². The lowest BCUT2D eigenvalue weighted by Crippen LogP contribution is -2.31. The number of rotatable bonds is 6. The number of hydrogen-bond donors (Lipinski definition) is 0. The molecule has 0 bridgehead atoms. The van der Waals surface area contributed by atoms with E-state index in [1.165, 1.54) is 35.7 Å². The average molecular weight is 386 g/mol. The van der Waals surface area contributed by atoms with Gasteiger partial charge in [-0.1, -0.05) is 12.1 Å². The molecule has 0 radical (unpaired) electrons. The highest BCUT2D eigenvalue weighted by Gasteiger charge is 2.28. The molecule has 1 heterocycles. The zero-order valence-corrected chi connectivity index (χ0v) is 15.8. The number of hydrogen-bond acceptors (Lipinski definition) is 4. The monoisotopic (exact) mass is 386 g/mol. The molecule has 0 spiro atoms. The van der Waals surface area contributed by atoms with Crippen molar-refractivity contribution in [3.63, 3.8) is 0 Å². The summed E-state index contributed by atoms with van der Waals surface area (Å²) in [6.07, 6.45) is 3.21. The molecule has 0 unspecified atom stereocenters. The van der Waals surface area contributed by atoms with Crippen molar-refractivity contribution in [2.75, 3.05) is 11.4 Å². The third-order valence-electron chi connectivity index (χ3n) is 4.05. The Morgan fingerprint density at radius 1 is 1.11 bits per heavy atom. The Hall–Kier alpha value is -2.93. The van der Waals surface area contributed by atoms with Gasteiger partial charge in [0.15, 0.2) is 0 Å². The number of nitrogens with zero attached hydrogens (tertiary/aromatic N) is 2. The molecular weight excluding hydrogens is 367 g/mol. The molecular formula is C20H19FN2O3S. The molecule has 7 heteroatoms. The first-order valence-corrected chi connectivity index (χ1v) is 9.67. The average Bonchev–Trinajstić information content (AvgIpc) is 2.67. The fraction of sp³-hybridized carbons (Fsp3) is 0.150. The Balaban J connectivity index is 2.14. The lowest BCUT2D eigenvalue weighted by atomic mass is 10.2. The predicted octanol–water partition coefficient (Wildman–Crippen LogP) is 3.93. The second-order valence-electron chi connectivity index (χ2n) is 6.00. The van der Waals surface area contributed by atoms with Crippen molar-refractivity contribution in [1.82, 2.24) is 4.98 Å². The SMILES string of the molecule is COc1ccc(C)cc1S(=O)(=O)N(Cc1cccnc1)c1ccc(F)cc1. The maximum absolute atomic E-state index is 13.5. The second kappa shape index (κ2) is 7.75. The Morgan fingerprint density at radius 3 is 2.48 bits per heavy atom. The lowest BCUT2D eigenvalue weighted by Gasteiger charge is -2.25. The molecule has 0 amide bonds. The molecule has 0 N–H and O–H groups in total. The summed E-state index contributed by atoms with van der Waals surface area (Å²) in [6.45, 7) is 1.86. The van der Waals surface area contributed by atoms with Crippen LogP contribution in [0.2, 0.25) is 0 Å². The molecule has 0 aliphatic carbocycles. The highest BCUT2D eigenvalue weighted by atomic mass is 32.2. The van der Waals surface area contributed by atoms with E-state index in [0.717, 1.165) is 5.56 Å². The van der Waals surface area contributed by atoms with Gasteiger partial charge in [-0.3, -0.25) is 9.29 Å². The van der Waals surface area contributed by atoms with E-state index >= 15 is 0 Å². The van der Waals surface area contributed by atoms with Gasteiger partial charge in [0, 0.05) is 12.4 Å². The molecule has 0 aliphatic rings. The van der Waals surface area contributed by atoms with Crippen LogP contribution in [0.3, 0.4) is 0 Å². The number of pyridine rings is 1. The van der Waals surface area contributed by atoms with Crippen LogP contribution in [0.15, 0.2) is 71.9 Å². The molecule has 3 aromatic rings. The lowest BCUT2D eigenvalue weighted by molar-refractivity contribution is 0.402. The van der Waals surface area contributed by atoms with Crippen LogP contribution >= 0.6 is 0 Å². The number of anilines is 1. The molecule has 1 aromatic heterocycles. The number of methoxy groups -OCH3 is 1. The summed E-state index contributed by atoms with van der Waals surface area (Å²) >= 11 is 0. The third-order valence-corrected chi connectivity index (χ3v) is 5.85. The Morgan fingerprint density at radius 2 is 1.85 bits per heavy atom. The molecule has 0 saturated carbocycles. The molecule has 5 nitrogen and oxygen atoms in total. The van der Waals surface area contributed by atoms with Crippen LogP contribution in [0, 0.1) is 12.7 Å². The fourth-order valence-corrected chi connectivity index (χ4v) is 4.38. The number of benzene rings is 2. The minimum atomic E-state index is -3.97. The molecule has 140 valence electrons. The van der Waals surface area contributed by atoms with E-state index < -0.39 is 15.8 Å². The van der Waals surface area contributed by atoms with E-state index in [9.17, 15) is 12.8 Å². The van der Waals surface area contributed by atoms with Crippen molar-refractivity contribution in [2.45, 2.75) is 18.4 Å². The first-order valence-electron chi connectivity index (χ1n) is 8.23. The quantitative estimate of drug-likeness (QED) is 0.644. The van der Waals surface area contributed by atoms with Gasteiger partial charge < -0.3 is 4.74 Å². The first kappa shape index (κ1) is 18.8. The number of aryl methyl sites for hydroxylation is 1. The summed E-state index contributed by atoms with van der Waals surface area (Å²) in [5, 5.41) is 0. The van der Waals surface area contributed by atoms with Gasteiger partial charge in [-0.25, -0.2) is 12.8 Å². The van der Waals surface area contributed by atoms with Gasteiger partial charge in [0.05, 0.1) is 19.3 Å². The standard InChI is InChI=1S/C20H19FN2O3S/c1-15-5-10-19(26-2)20(12-15)27(24,25)23(14-16-4-3-11-22-13-16)18-8-6-17(21)7-9-18/h3-13H,14H2,1-2H3. The highest BCUT2D eigenvalue weighted by molar-refractivity contribution is 7.92. The van der Waals surface area contributed by atoms with Gasteiger partial charge in [-0.2, -0.15) is 0 Å². The minimum Gasteiger partial charge on any atom is -0.495 e. The predicted molar refractivity (Wildman–Crippen MR) is 102 cm³/mol. The Kier molecular flexibility index (Phi) is 5.41. The molecule has 0 saturated heterocycles. The van der Waals surface area contributed by atoms with Gasteiger partial charge in [0.25, 0.3) is 10.0 Å². The van der Waals surface area contributed by atoms with E-state index in [0.29, 0.717) is 11.3 Å². The van der Waals surface area contributed by atoms with Crippen LogP contribution in [0.5, 0.6) is 5.75 Å². The molecule has 27 heavy (non-hydrogen) atoms. The maximum atomic E-state index is 13.5. The summed E-state index contributed by atoms with van der Waals surface area (Å²) in [5.74, 6) is -0.190. The van der Waals surface area contributed by atoms with Crippen molar-refractivity contribution in [3.05, 3.63) is 83.9 Å². The van der Waals surface area contributed by atoms with E-state index in [1.807, 2.05) is 6.92 Å². The summed E-state index contributed by atoms with van der Waals surface area (Å²) in [4.78, 5) is 4.10. The van der Waals surface area contributed by atoms with E-state index in [1.54, 1.807) is 42.7 Å². The van der Waals surface area contributed by atoms with Gasteiger partial charge in [0.2, 0.25) is 0 Å². The summed E-state index contributed by atoms with van der Waals surface area (Å²) in [5.41, 5.74) is 1.84. The number of ether oxygens (including phenoxy) is 1. The van der Waals surface area contributed by atoms with E-state index in [-0.39, 0.29) is 17.2 Å². The third kappa shape index (κ3) is 4.09. The summed E-state index contributed by atoms with van der Waals surface area (Å²) in [7, 11) is -2.55. The largest absolute Gasteiger partial charge is 0.495 e.